The van der Waals surface area contributed by atoms with E-state index in [9.17, 15) is 5.11 Å². The van der Waals surface area contributed by atoms with Crippen molar-refractivity contribution in [1.29, 1.82) is 0 Å². The Morgan fingerprint density at radius 1 is 1.67 bits per heavy atom. The fourth-order valence-electron chi connectivity index (χ4n) is 1.08. The number of hydroxylamine groups is 1. The van der Waals surface area contributed by atoms with Crippen molar-refractivity contribution >= 4 is 15.9 Å². The van der Waals surface area contributed by atoms with E-state index in [2.05, 4.69) is 31.6 Å². The molecule has 1 aliphatic rings. The molecule has 1 aliphatic heterocycles. The molecule has 0 aromatic rings. The molecule has 4 N–H and O–H groups in total. The number of halogens is 1. The quantitative estimate of drug-likeness (QED) is 0.454. The van der Waals surface area contributed by atoms with Crippen molar-refractivity contribution in [2.75, 3.05) is 6.54 Å². The maximum Gasteiger partial charge on any atom is 0.295 e. The van der Waals surface area contributed by atoms with Crippen molar-refractivity contribution in [3.05, 3.63) is 12.0 Å². The Labute approximate surface area is 97.6 Å². The van der Waals surface area contributed by atoms with Crippen molar-refractivity contribution in [3.8, 4) is 0 Å². The number of nitrogens with one attached hydrogen (secondary N) is 2. The summed E-state index contributed by atoms with van der Waals surface area (Å²) in [6.45, 7) is 6.39. The van der Waals surface area contributed by atoms with Gasteiger partial charge in [-0.25, -0.2) is 0 Å². The summed E-state index contributed by atoms with van der Waals surface area (Å²) >= 11 is 3.26. The second-order valence-electron chi connectivity index (χ2n) is 4.60. The number of hydrogen-bond acceptors (Lipinski definition) is 5. The van der Waals surface area contributed by atoms with Gasteiger partial charge in [-0.1, -0.05) is 15.9 Å². The third kappa shape index (κ3) is 3.64. The first-order valence-corrected chi connectivity index (χ1v) is 5.50. The Morgan fingerprint density at radius 3 is 2.67 bits per heavy atom. The lowest BCUT2D eigenvalue weighted by Crippen LogP contribution is -2.52. The van der Waals surface area contributed by atoms with Crippen molar-refractivity contribution in [2.24, 2.45) is 0 Å². The van der Waals surface area contributed by atoms with Crippen LogP contribution in [0.4, 0.5) is 0 Å². The van der Waals surface area contributed by atoms with Crippen LogP contribution < -0.4 is 10.8 Å². The number of alkyl halides is 1. The standard InChI is InChI=1S/C9H17BrN2O3/c1-8(2,3)11-5-6(13)9(10)4-7(14)15-12-9/h4,6,11-14H,5H2,1-3H3. The fourth-order valence-corrected chi connectivity index (χ4v) is 1.52. The number of rotatable bonds is 3. The van der Waals surface area contributed by atoms with Crippen molar-refractivity contribution in [3.63, 3.8) is 0 Å². The zero-order valence-electron chi connectivity index (χ0n) is 9.04. The topological polar surface area (TPSA) is 73.8 Å². The van der Waals surface area contributed by atoms with Crippen LogP contribution in [0.1, 0.15) is 20.8 Å². The van der Waals surface area contributed by atoms with E-state index in [0.29, 0.717) is 6.54 Å². The van der Waals surface area contributed by atoms with Crippen LogP contribution in [-0.2, 0) is 4.84 Å². The number of hydrogen-bond donors (Lipinski definition) is 4. The maximum absolute atomic E-state index is 9.88. The normalized spacial score (nSPS) is 28.5. The predicted octanol–water partition coefficient (Wildman–Crippen LogP) is 0.761. The number of aliphatic hydroxyl groups is 2. The van der Waals surface area contributed by atoms with E-state index in [1.807, 2.05) is 20.8 Å². The van der Waals surface area contributed by atoms with Crippen LogP contribution in [0.15, 0.2) is 12.0 Å². The van der Waals surface area contributed by atoms with E-state index < -0.39 is 10.6 Å². The minimum atomic E-state index is -0.935. The summed E-state index contributed by atoms with van der Waals surface area (Å²) in [5.74, 6) is -0.248. The Morgan fingerprint density at radius 2 is 2.27 bits per heavy atom. The molecule has 5 nitrogen and oxygen atoms in total. The number of β-amino-alcohol motifs (C(OH)–C–C–N with tert-alkyl or cyclic N) is 1. The highest BCUT2D eigenvalue weighted by molar-refractivity contribution is 9.10. The van der Waals surface area contributed by atoms with Crippen LogP contribution in [0.25, 0.3) is 0 Å². The van der Waals surface area contributed by atoms with Crippen LogP contribution in [0.3, 0.4) is 0 Å². The molecule has 0 aromatic heterocycles. The molecule has 15 heavy (non-hydrogen) atoms. The first kappa shape index (κ1) is 12.8. The predicted molar refractivity (Wildman–Crippen MR) is 60.4 cm³/mol. The molecule has 0 saturated heterocycles. The monoisotopic (exact) mass is 280 g/mol. The lowest BCUT2D eigenvalue weighted by atomic mass is 10.1. The molecule has 1 rings (SSSR count). The lowest BCUT2D eigenvalue weighted by Gasteiger charge is -2.28. The van der Waals surface area contributed by atoms with E-state index in [1.165, 1.54) is 6.08 Å². The smallest absolute Gasteiger partial charge is 0.295 e. The minimum Gasteiger partial charge on any atom is -0.480 e. The van der Waals surface area contributed by atoms with Gasteiger partial charge >= 0.3 is 0 Å². The van der Waals surface area contributed by atoms with E-state index in [4.69, 9.17) is 5.11 Å². The van der Waals surface area contributed by atoms with Gasteiger partial charge in [0.05, 0.1) is 0 Å². The van der Waals surface area contributed by atoms with Crippen LogP contribution in [0.5, 0.6) is 0 Å². The summed E-state index contributed by atoms with van der Waals surface area (Å²) < 4.78 is -0.935. The van der Waals surface area contributed by atoms with Crippen LogP contribution in [0.2, 0.25) is 0 Å². The van der Waals surface area contributed by atoms with Gasteiger partial charge in [0.2, 0.25) is 0 Å². The summed E-state index contributed by atoms with van der Waals surface area (Å²) in [6, 6.07) is 0. The lowest BCUT2D eigenvalue weighted by molar-refractivity contribution is 0.00518. The van der Waals surface area contributed by atoms with Crippen molar-refractivity contribution < 1.29 is 15.1 Å². The molecule has 0 bridgehead atoms. The molecular formula is C9H17BrN2O3. The minimum absolute atomic E-state index is 0.0738. The summed E-state index contributed by atoms with van der Waals surface area (Å²) in [5.41, 5.74) is 2.43. The summed E-state index contributed by atoms with van der Waals surface area (Å²) in [4.78, 5) is 4.65. The Hall–Kier alpha value is -0.300. The molecule has 1 heterocycles. The van der Waals surface area contributed by atoms with Gasteiger partial charge in [0.25, 0.3) is 5.95 Å². The summed E-state index contributed by atoms with van der Waals surface area (Å²) in [5, 5.41) is 22.1. The highest BCUT2D eigenvalue weighted by atomic mass is 79.9. The van der Waals surface area contributed by atoms with Crippen molar-refractivity contribution in [1.82, 2.24) is 10.8 Å². The molecule has 0 amide bonds. The molecule has 2 atom stereocenters. The summed E-state index contributed by atoms with van der Waals surface area (Å²) in [7, 11) is 0. The van der Waals surface area contributed by atoms with Crippen LogP contribution >= 0.6 is 15.9 Å². The Kier molecular flexibility index (Phi) is 3.65. The molecule has 0 fully saturated rings. The van der Waals surface area contributed by atoms with Gasteiger partial charge in [0.1, 0.15) is 6.10 Å². The molecule has 0 spiro atoms. The molecule has 0 aromatic carbocycles. The largest absolute Gasteiger partial charge is 0.480 e. The van der Waals surface area contributed by atoms with E-state index >= 15 is 0 Å². The summed E-state index contributed by atoms with van der Waals surface area (Å²) in [6.07, 6.45) is 0.614. The first-order chi connectivity index (χ1) is 6.73. The number of aliphatic hydroxyl groups excluding tert-OH is 2. The zero-order valence-corrected chi connectivity index (χ0v) is 10.6. The van der Waals surface area contributed by atoms with E-state index in [0.717, 1.165) is 0 Å². The second-order valence-corrected chi connectivity index (χ2v) is 5.91. The maximum atomic E-state index is 9.88. The highest BCUT2D eigenvalue weighted by Gasteiger charge is 2.39. The molecule has 88 valence electrons. The van der Waals surface area contributed by atoms with Gasteiger partial charge in [-0.3, -0.25) is 0 Å². The van der Waals surface area contributed by atoms with Crippen LogP contribution in [0, 0.1) is 0 Å². The Bertz CT molecular complexity index is 265. The molecule has 0 radical (unpaired) electrons. The van der Waals surface area contributed by atoms with Gasteiger partial charge in [0, 0.05) is 18.2 Å². The SMILES string of the molecule is CC(C)(C)NCC(O)C1(Br)C=C(O)ON1. The molecule has 6 heteroatoms. The third-order valence-corrected chi connectivity index (χ3v) is 2.88. The van der Waals surface area contributed by atoms with Crippen molar-refractivity contribution in [2.45, 2.75) is 36.9 Å². The van der Waals surface area contributed by atoms with E-state index in [-0.39, 0.29) is 11.5 Å². The average molecular weight is 281 g/mol. The van der Waals surface area contributed by atoms with Gasteiger partial charge in [-0.15, -0.1) is 5.48 Å². The van der Waals surface area contributed by atoms with Gasteiger partial charge < -0.3 is 20.4 Å². The first-order valence-electron chi connectivity index (χ1n) is 4.71. The molecule has 0 aliphatic carbocycles. The molecular weight excluding hydrogens is 264 g/mol. The third-order valence-electron chi connectivity index (χ3n) is 1.96. The molecule has 2 unspecified atom stereocenters. The zero-order chi connectivity index (χ0) is 11.7. The Balaban J connectivity index is 2.51. The van der Waals surface area contributed by atoms with Gasteiger partial charge in [-0.05, 0) is 20.8 Å². The van der Waals surface area contributed by atoms with E-state index in [1.54, 1.807) is 0 Å². The molecule has 0 saturated carbocycles. The fraction of sp³-hybridized carbons (Fsp3) is 0.778. The second kappa shape index (κ2) is 4.29. The highest BCUT2D eigenvalue weighted by Crippen LogP contribution is 2.27. The average Bonchev–Trinajstić information content (AvgIpc) is 2.42. The van der Waals surface area contributed by atoms with Gasteiger partial charge in [0.15, 0.2) is 4.45 Å². The van der Waals surface area contributed by atoms with Gasteiger partial charge in [-0.2, -0.15) is 0 Å². The van der Waals surface area contributed by atoms with Crippen LogP contribution in [-0.4, -0.2) is 32.8 Å².